The summed E-state index contributed by atoms with van der Waals surface area (Å²) < 4.78 is 4.79. The molecule has 0 bridgehead atoms. The Hall–Kier alpha value is -2.15. The number of nitrogens with zero attached hydrogens (tertiary/aromatic N) is 2. The zero-order valence-corrected chi connectivity index (χ0v) is 10.7. The first-order chi connectivity index (χ1) is 8.69. The van der Waals surface area contributed by atoms with E-state index in [1.165, 1.54) is 13.2 Å². The minimum absolute atomic E-state index is 0.184. The summed E-state index contributed by atoms with van der Waals surface area (Å²) in [6.07, 6.45) is 3.22. The third-order valence-electron chi connectivity index (χ3n) is 2.18. The number of hydrogen-bond donors (Lipinski definition) is 2. The van der Waals surface area contributed by atoms with Gasteiger partial charge in [0.2, 0.25) is 5.95 Å². The smallest absolute Gasteiger partial charge is 0.336 e. The van der Waals surface area contributed by atoms with Gasteiger partial charge in [-0.1, -0.05) is 0 Å². The van der Waals surface area contributed by atoms with Gasteiger partial charge in [-0.25, -0.2) is 5.10 Å². The molecular weight excluding hydrogens is 252 g/mol. The average Bonchev–Trinajstić information content (AvgIpc) is 2.96. The van der Waals surface area contributed by atoms with Gasteiger partial charge in [0.15, 0.2) is 0 Å². The molecule has 0 atom stereocenters. The van der Waals surface area contributed by atoms with Gasteiger partial charge in [-0.3, -0.25) is 10.1 Å². The largest absolute Gasteiger partial charge is 0.466 e. The molecule has 7 heteroatoms. The Kier molecular flexibility index (Phi) is 3.73. The molecule has 1 amide bonds. The number of methoxy groups -OCH3 is 1. The molecule has 2 rings (SSSR count). The van der Waals surface area contributed by atoms with Crippen molar-refractivity contribution < 1.29 is 9.53 Å². The maximum absolute atomic E-state index is 11.6. The normalized spacial score (nSPS) is 10.8. The maximum atomic E-state index is 11.6. The number of aromatic nitrogens is 3. The molecule has 0 aromatic carbocycles. The van der Waals surface area contributed by atoms with E-state index in [1.54, 1.807) is 17.4 Å². The third-order valence-corrected chi connectivity index (χ3v) is 3.16. The second kappa shape index (κ2) is 5.46. The summed E-state index contributed by atoms with van der Waals surface area (Å²) in [4.78, 5) is 16.5. The molecule has 0 spiro atoms. The summed E-state index contributed by atoms with van der Waals surface area (Å²) in [5.74, 6) is -0.0222. The van der Waals surface area contributed by atoms with Crippen molar-refractivity contribution >= 4 is 29.3 Å². The monoisotopic (exact) mass is 264 g/mol. The molecule has 2 N–H and O–H groups in total. The van der Waals surface area contributed by atoms with Crippen molar-refractivity contribution in [2.24, 2.45) is 0 Å². The van der Waals surface area contributed by atoms with Gasteiger partial charge in [-0.2, -0.15) is 4.98 Å². The van der Waals surface area contributed by atoms with E-state index < -0.39 is 0 Å². The van der Waals surface area contributed by atoms with Crippen molar-refractivity contribution in [3.05, 3.63) is 28.0 Å². The quantitative estimate of drug-likeness (QED) is 0.826. The van der Waals surface area contributed by atoms with Crippen molar-refractivity contribution in [3.63, 3.8) is 0 Å². The van der Waals surface area contributed by atoms with Crippen LogP contribution in [0.2, 0.25) is 0 Å². The molecule has 0 saturated heterocycles. The number of aromatic amines is 1. The van der Waals surface area contributed by atoms with Crippen LogP contribution < -0.4 is 10.1 Å². The lowest BCUT2D eigenvalue weighted by Gasteiger charge is -1.94. The van der Waals surface area contributed by atoms with Crippen molar-refractivity contribution in [2.45, 2.75) is 6.92 Å². The molecule has 0 radical (unpaired) electrons. The van der Waals surface area contributed by atoms with Crippen molar-refractivity contribution in [1.82, 2.24) is 15.2 Å². The number of hydrogen-bond acceptors (Lipinski definition) is 5. The van der Waals surface area contributed by atoms with E-state index in [9.17, 15) is 4.79 Å². The summed E-state index contributed by atoms with van der Waals surface area (Å²) in [7, 11) is 1.45. The topological polar surface area (TPSA) is 79.9 Å². The molecule has 2 heterocycles. The van der Waals surface area contributed by atoms with E-state index in [1.807, 2.05) is 18.4 Å². The van der Waals surface area contributed by atoms with Crippen LogP contribution in [0.4, 0.5) is 5.95 Å². The predicted octanol–water partition coefficient (Wildman–Crippen LogP) is 1.84. The lowest BCUT2D eigenvalue weighted by atomic mass is 10.3. The van der Waals surface area contributed by atoms with Crippen LogP contribution in [0.1, 0.15) is 10.4 Å². The Morgan fingerprint density at radius 1 is 1.61 bits per heavy atom. The first-order valence-electron chi connectivity index (χ1n) is 5.18. The van der Waals surface area contributed by atoms with Gasteiger partial charge in [0.25, 0.3) is 5.91 Å². The number of amides is 1. The van der Waals surface area contributed by atoms with Crippen LogP contribution in [-0.2, 0) is 4.79 Å². The highest BCUT2D eigenvalue weighted by atomic mass is 32.1. The molecule has 0 saturated carbocycles. The summed E-state index contributed by atoms with van der Waals surface area (Å²) >= 11 is 1.58. The molecule has 0 unspecified atom stereocenters. The van der Waals surface area contributed by atoms with Crippen LogP contribution in [0.25, 0.3) is 6.08 Å². The van der Waals surface area contributed by atoms with Gasteiger partial charge < -0.3 is 4.74 Å². The first-order valence-corrected chi connectivity index (χ1v) is 6.06. The van der Waals surface area contributed by atoms with E-state index in [2.05, 4.69) is 20.5 Å². The number of rotatable bonds is 4. The van der Waals surface area contributed by atoms with Crippen LogP contribution in [-0.4, -0.2) is 28.2 Å². The molecule has 0 fully saturated rings. The minimum Gasteiger partial charge on any atom is -0.466 e. The van der Waals surface area contributed by atoms with E-state index in [0.717, 1.165) is 10.4 Å². The first kappa shape index (κ1) is 12.3. The average molecular weight is 264 g/mol. The molecule has 94 valence electrons. The third kappa shape index (κ3) is 2.95. The predicted molar refractivity (Wildman–Crippen MR) is 69.7 cm³/mol. The number of carbonyl (C=O) groups is 1. The fraction of sp³-hybridized carbons (Fsp3) is 0.182. The second-order valence-electron chi connectivity index (χ2n) is 3.46. The highest BCUT2D eigenvalue weighted by Crippen LogP contribution is 2.17. The van der Waals surface area contributed by atoms with E-state index in [0.29, 0.717) is 0 Å². The lowest BCUT2D eigenvalue weighted by molar-refractivity contribution is -0.111. The Bertz CT molecular complexity index is 573. The molecule has 18 heavy (non-hydrogen) atoms. The molecular formula is C11H12N4O2S. The van der Waals surface area contributed by atoms with Gasteiger partial charge in [-0.15, -0.1) is 16.4 Å². The SMILES string of the molecule is COc1n[nH]c(NC(=O)/C=C/c2sccc2C)n1. The zero-order chi connectivity index (χ0) is 13.0. The van der Waals surface area contributed by atoms with Gasteiger partial charge in [-0.05, 0) is 30.0 Å². The zero-order valence-electron chi connectivity index (χ0n) is 9.93. The number of thiophene rings is 1. The molecule has 2 aromatic rings. The Morgan fingerprint density at radius 2 is 2.44 bits per heavy atom. The summed E-state index contributed by atoms with van der Waals surface area (Å²) in [5.41, 5.74) is 1.14. The molecule has 6 nitrogen and oxygen atoms in total. The van der Waals surface area contributed by atoms with Crippen molar-refractivity contribution in [1.29, 1.82) is 0 Å². The Morgan fingerprint density at radius 3 is 3.06 bits per heavy atom. The fourth-order valence-electron chi connectivity index (χ4n) is 1.26. The lowest BCUT2D eigenvalue weighted by Crippen LogP contribution is -2.09. The van der Waals surface area contributed by atoms with E-state index >= 15 is 0 Å². The fourth-order valence-corrected chi connectivity index (χ4v) is 2.08. The molecule has 0 aliphatic carbocycles. The van der Waals surface area contributed by atoms with E-state index in [4.69, 9.17) is 4.74 Å². The summed E-state index contributed by atoms with van der Waals surface area (Å²) in [6, 6.07) is 2.19. The maximum Gasteiger partial charge on any atom is 0.336 e. The van der Waals surface area contributed by atoms with Gasteiger partial charge >= 0.3 is 6.01 Å². The van der Waals surface area contributed by atoms with Crippen LogP contribution >= 0.6 is 11.3 Å². The van der Waals surface area contributed by atoms with Gasteiger partial charge in [0, 0.05) is 11.0 Å². The van der Waals surface area contributed by atoms with Crippen LogP contribution in [0.15, 0.2) is 17.5 Å². The summed E-state index contributed by atoms with van der Waals surface area (Å²) in [5, 5.41) is 10.8. The van der Waals surface area contributed by atoms with Crippen LogP contribution in [0.3, 0.4) is 0 Å². The van der Waals surface area contributed by atoms with Crippen LogP contribution in [0.5, 0.6) is 6.01 Å². The number of carbonyl (C=O) groups excluding carboxylic acids is 1. The molecule has 0 aliphatic heterocycles. The second-order valence-corrected chi connectivity index (χ2v) is 4.41. The van der Waals surface area contributed by atoms with Crippen molar-refractivity contribution in [2.75, 3.05) is 12.4 Å². The van der Waals surface area contributed by atoms with Gasteiger partial charge in [0.1, 0.15) is 0 Å². The molecule has 0 aliphatic rings. The number of aryl methyl sites for hydroxylation is 1. The Labute approximate surface area is 108 Å². The highest BCUT2D eigenvalue weighted by Gasteiger charge is 2.04. The number of ether oxygens (including phenoxy) is 1. The Balaban J connectivity index is 1.96. The molecule has 2 aromatic heterocycles. The number of H-pyrrole nitrogens is 1. The number of nitrogens with one attached hydrogen (secondary N) is 2. The van der Waals surface area contributed by atoms with Gasteiger partial charge in [0.05, 0.1) is 7.11 Å². The van der Waals surface area contributed by atoms with Crippen LogP contribution in [0, 0.1) is 6.92 Å². The van der Waals surface area contributed by atoms with E-state index in [-0.39, 0.29) is 17.9 Å². The summed E-state index contributed by atoms with van der Waals surface area (Å²) in [6.45, 7) is 2.00. The standard InChI is InChI=1S/C11H12N4O2S/c1-7-5-6-18-8(7)3-4-9(16)12-10-13-11(17-2)15-14-10/h3-6H,1-2H3,(H2,12,13,14,15,16)/b4-3+. The number of anilines is 1. The highest BCUT2D eigenvalue weighted by molar-refractivity contribution is 7.11. The minimum atomic E-state index is -0.276. The van der Waals surface area contributed by atoms with Crippen molar-refractivity contribution in [3.8, 4) is 6.01 Å².